The number of methoxy groups -OCH3 is 1. The van der Waals surface area contributed by atoms with Crippen molar-refractivity contribution in [1.29, 1.82) is 0 Å². The first-order valence-electron chi connectivity index (χ1n) is 11.1. The molecule has 2 N–H and O–H groups in total. The second-order valence-electron chi connectivity index (χ2n) is 8.13. The van der Waals surface area contributed by atoms with Crippen LogP contribution in [-0.2, 0) is 11.3 Å². The van der Waals surface area contributed by atoms with Gasteiger partial charge in [-0.15, -0.1) is 0 Å². The van der Waals surface area contributed by atoms with E-state index in [2.05, 4.69) is 10.6 Å². The summed E-state index contributed by atoms with van der Waals surface area (Å²) in [6, 6.07) is 18.9. The van der Waals surface area contributed by atoms with Gasteiger partial charge in [-0.1, -0.05) is 42.5 Å². The molecular weight excluding hydrogens is 430 g/mol. The first kappa shape index (κ1) is 23.2. The van der Waals surface area contributed by atoms with E-state index in [1.807, 2.05) is 49.4 Å². The number of fused-ring (bicyclic) bond motifs is 1. The van der Waals surface area contributed by atoms with E-state index in [0.29, 0.717) is 42.2 Å². The lowest BCUT2D eigenvalue weighted by atomic mass is 9.99. The summed E-state index contributed by atoms with van der Waals surface area (Å²) in [4.78, 5) is 39.0. The molecule has 1 aliphatic heterocycles. The zero-order chi connectivity index (χ0) is 24.2. The van der Waals surface area contributed by atoms with E-state index in [9.17, 15) is 14.4 Å². The molecule has 0 spiro atoms. The summed E-state index contributed by atoms with van der Waals surface area (Å²) in [7, 11) is 1.54. The van der Waals surface area contributed by atoms with Crippen molar-refractivity contribution < 1.29 is 19.1 Å². The van der Waals surface area contributed by atoms with Crippen LogP contribution in [0.15, 0.2) is 60.7 Å². The number of carbonyl (C=O) groups is 3. The van der Waals surface area contributed by atoms with Crippen molar-refractivity contribution in [2.45, 2.75) is 20.4 Å². The van der Waals surface area contributed by atoms with Gasteiger partial charge in [0, 0.05) is 32.1 Å². The third-order valence-corrected chi connectivity index (χ3v) is 5.91. The quantitative estimate of drug-likeness (QED) is 0.398. The van der Waals surface area contributed by atoms with Crippen molar-refractivity contribution in [3.8, 4) is 16.9 Å². The van der Waals surface area contributed by atoms with E-state index in [1.54, 1.807) is 18.2 Å². The minimum atomic E-state index is -0.364. The average Bonchev–Trinajstić information content (AvgIpc) is 3.08. The molecule has 0 aromatic heterocycles. The van der Waals surface area contributed by atoms with Gasteiger partial charge in [-0.25, -0.2) is 4.90 Å². The minimum absolute atomic E-state index is 0.0901. The summed E-state index contributed by atoms with van der Waals surface area (Å²) in [5.41, 5.74) is 4.87. The number of hydrogen-bond acceptors (Lipinski definition) is 5. The molecule has 34 heavy (non-hydrogen) atoms. The highest BCUT2D eigenvalue weighted by molar-refractivity contribution is 6.35. The fraction of sp³-hybridized carbons (Fsp3) is 0.222. The van der Waals surface area contributed by atoms with Crippen molar-refractivity contribution >= 4 is 23.4 Å². The predicted molar refractivity (Wildman–Crippen MR) is 131 cm³/mol. The van der Waals surface area contributed by atoms with Crippen LogP contribution in [0.4, 0.5) is 5.69 Å². The van der Waals surface area contributed by atoms with Gasteiger partial charge >= 0.3 is 0 Å². The number of rotatable bonds is 8. The van der Waals surface area contributed by atoms with E-state index < -0.39 is 0 Å². The minimum Gasteiger partial charge on any atom is -0.496 e. The molecule has 174 valence electrons. The van der Waals surface area contributed by atoms with E-state index in [-0.39, 0.29) is 17.7 Å². The number of amides is 3. The Morgan fingerprint density at radius 2 is 1.62 bits per heavy atom. The fourth-order valence-electron chi connectivity index (χ4n) is 4.20. The standard InChI is InChI=1S/C27H27N3O4/c1-17-21(19-8-5-4-6-9-19)10-7-11-24(17)30-26(32)22-14-20(16-28-12-13-29-18(2)31)25(34-3)15-23(22)27(30)33/h4-11,14-15,28H,12-13,16H2,1-3H3,(H,29,31). The Hall–Kier alpha value is -3.97. The summed E-state index contributed by atoms with van der Waals surface area (Å²) in [5, 5.41) is 5.94. The number of nitrogens with one attached hydrogen (secondary N) is 2. The third-order valence-electron chi connectivity index (χ3n) is 5.91. The van der Waals surface area contributed by atoms with E-state index >= 15 is 0 Å². The lowest BCUT2D eigenvalue weighted by Crippen LogP contribution is -2.30. The topological polar surface area (TPSA) is 87.7 Å². The van der Waals surface area contributed by atoms with Gasteiger partial charge in [0.05, 0.1) is 23.9 Å². The molecule has 0 bridgehead atoms. The van der Waals surface area contributed by atoms with Crippen molar-refractivity contribution in [3.63, 3.8) is 0 Å². The van der Waals surface area contributed by atoms with Gasteiger partial charge in [0.1, 0.15) is 5.75 Å². The lowest BCUT2D eigenvalue weighted by molar-refractivity contribution is -0.118. The van der Waals surface area contributed by atoms with E-state index in [4.69, 9.17) is 4.74 Å². The molecular formula is C27H27N3O4. The van der Waals surface area contributed by atoms with Crippen molar-refractivity contribution in [2.24, 2.45) is 0 Å². The number of hydrogen-bond donors (Lipinski definition) is 2. The fourth-order valence-corrected chi connectivity index (χ4v) is 4.20. The highest BCUT2D eigenvalue weighted by Gasteiger charge is 2.38. The second-order valence-corrected chi connectivity index (χ2v) is 8.13. The lowest BCUT2D eigenvalue weighted by Gasteiger charge is -2.19. The number of imide groups is 1. The smallest absolute Gasteiger partial charge is 0.266 e. The monoisotopic (exact) mass is 457 g/mol. The molecule has 3 amide bonds. The van der Waals surface area contributed by atoms with Crippen LogP contribution >= 0.6 is 0 Å². The SMILES string of the molecule is COc1cc2c(cc1CNCCNC(C)=O)C(=O)N(c1cccc(-c3ccccc3)c1C)C2=O. The van der Waals surface area contributed by atoms with Crippen molar-refractivity contribution in [2.75, 3.05) is 25.1 Å². The maximum Gasteiger partial charge on any atom is 0.266 e. The summed E-state index contributed by atoms with van der Waals surface area (Å²) in [5.74, 6) is -0.275. The molecule has 3 aromatic rings. The van der Waals surface area contributed by atoms with Crippen molar-refractivity contribution in [1.82, 2.24) is 10.6 Å². The molecule has 7 heteroatoms. The highest BCUT2D eigenvalue weighted by atomic mass is 16.5. The average molecular weight is 458 g/mol. The van der Waals surface area contributed by atoms with Crippen molar-refractivity contribution in [3.05, 3.63) is 82.9 Å². The summed E-state index contributed by atoms with van der Waals surface area (Å²) in [6.07, 6.45) is 0. The second kappa shape index (κ2) is 9.89. The number of benzene rings is 3. The molecule has 0 fully saturated rings. The van der Waals surface area contributed by atoms with Gasteiger partial charge in [0.15, 0.2) is 0 Å². The zero-order valence-electron chi connectivity index (χ0n) is 19.5. The van der Waals surface area contributed by atoms with Gasteiger partial charge in [0.25, 0.3) is 11.8 Å². The predicted octanol–water partition coefficient (Wildman–Crippen LogP) is 3.70. The first-order chi connectivity index (χ1) is 16.4. The van der Waals surface area contributed by atoms with Gasteiger partial charge in [0.2, 0.25) is 5.91 Å². The molecule has 1 aliphatic rings. The largest absolute Gasteiger partial charge is 0.496 e. The van der Waals surface area contributed by atoms with Gasteiger partial charge in [-0.3, -0.25) is 14.4 Å². The summed E-state index contributed by atoms with van der Waals surface area (Å²) in [6.45, 7) is 4.87. The van der Waals surface area contributed by atoms with E-state index in [0.717, 1.165) is 22.3 Å². The zero-order valence-corrected chi connectivity index (χ0v) is 19.5. The maximum atomic E-state index is 13.4. The molecule has 3 aromatic carbocycles. The first-order valence-corrected chi connectivity index (χ1v) is 11.1. The van der Waals surface area contributed by atoms with Gasteiger partial charge < -0.3 is 15.4 Å². The Labute approximate surface area is 198 Å². The third kappa shape index (κ3) is 4.43. The van der Waals surface area contributed by atoms with Gasteiger partial charge in [-0.05, 0) is 41.8 Å². The van der Waals surface area contributed by atoms with Crippen LogP contribution in [-0.4, -0.2) is 37.9 Å². The Bertz CT molecular complexity index is 1250. The summed E-state index contributed by atoms with van der Waals surface area (Å²) >= 11 is 0. The molecule has 0 radical (unpaired) electrons. The van der Waals surface area contributed by atoms with E-state index in [1.165, 1.54) is 18.9 Å². The van der Waals surface area contributed by atoms with Gasteiger partial charge in [-0.2, -0.15) is 0 Å². The molecule has 4 rings (SSSR count). The number of nitrogens with zero attached hydrogens (tertiary/aromatic N) is 1. The Morgan fingerprint density at radius 3 is 2.29 bits per heavy atom. The molecule has 0 saturated carbocycles. The molecule has 7 nitrogen and oxygen atoms in total. The van der Waals surface area contributed by atoms with Crippen LogP contribution in [0.5, 0.6) is 5.75 Å². The molecule has 0 aliphatic carbocycles. The number of ether oxygens (including phenoxy) is 1. The van der Waals surface area contributed by atoms with Crippen LogP contribution < -0.4 is 20.3 Å². The van der Waals surface area contributed by atoms with Crippen LogP contribution in [0, 0.1) is 6.92 Å². The maximum absolute atomic E-state index is 13.4. The summed E-state index contributed by atoms with van der Waals surface area (Å²) < 4.78 is 5.50. The normalized spacial score (nSPS) is 12.6. The van der Waals surface area contributed by atoms with Crippen LogP contribution in [0.25, 0.3) is 11.1 Å². The molecule has 0 atom stereocenters. The number of anilines is 1. The number of carbonyl (C=O) groups excluding carboxylic acids is 3. The van der Waals surface area contributed by atoms with Crippen LogP contribution in [0.2, 0.25) is 0 Å². The van der Waals surface area contributed by atoms with Crippen LogP contribution in [0.1, 0.15) is 38.8 Å². The molecule has 1 heterocycles. The Kier molecular flexibility index (Phi) is 6.75. The highest BCUT2D eigenvalue weighted by Crippen LogP contribution is 2.37. The molecule has 0 saturated heterocycles. The Morgan fingerprint density at radius 1 is 0.912 bits per heavy atom. The Balaban J connectivity index is 1.63. The molecule has 0 unspecified atom stereocenters. The van der Waals surface area contributed by atoms with Crippen LogP contribution in [0.3, 0.4) is 0 Å².